The van der Waals surface area contributed by atoms with Crippen molar-refractivity contribution >= 4 is 53.1 Å². The summed E-state index contributed by atoms with van der Waals surface area (Å²) in [6.45, 7) is 0. The van der Waals surface area contributed by atoms with Gasteiger partial charge < -0.3 is 10.2 Å². The summed E-state index contributed by atoms with van der Waals surface area (Å²) < 4.78 is 51.9. The van der Waals surface area contributed by atoms with E-state index in [1.54, 1.807) is 0 Å². The third-order valence-electron chi connectivity index (χ3n) is 4.07. The van der Waals surface area contributed by atoms with Crippen LogP contribution in [0.5, 0.6) is 11.5 Å². The van der Waals surface area contributed by atoms with Crippen LogP contribution in [0.2, 0.25) is 5.02 Å². The van der Waals surface area contributed by atoms with E-state index in [-0.39, 0.29) is 21.5 Å². The predicted octanol–water partition coefficient (Wildman–Crippen LogP) is 3.60. The minimum Gasteiger partial charge on any atom is -0.505 e. The van der Waals surface area contributed by atoms with Crippen molar-refractivity contribution in [1.82, 2.24) is 0 Å². The zero-order valence-electron chi connectivity index (χ0n) is 13.9. The standard InChI is InChI=1S/C16H15BrClNO6S2/c1-26(22,23)13-5-9(8-2-3-8)4-12(16(13)21)19-27(24,25)14-7-10(17)6-11(18)15(14)20/h4-8,19-21H,2-3H2,1H3. The Bertz CT molecular complexity index is 1140. The second-order valence-corrected chi connectivity index (χ2v) is 11.3. The predicted molar refractivity (Wildman–Crippen MR) is 105 cm³/mol. The molecule has 1 aliphatic carbocycles. The molecule has 2 aromatic rings. The number of phenolic OH excluding ortho intramolecular Hbond substituents is 2. The van der Waals surface area contributed by atoms with Crippen LogP contribution < -0.4 is 4.72 Å². The first kappa shape index (κ1) is 20.2. The molecule has 11 heteroatoms. The largest absolute Gasteiger partial charge is 0.505 e. The number of aromatic hydroxyl groups is 2. The zero-order chi connectivity index (χ0) is 20.1. The highest BCUT2D eigenvalue weighted by atomic mass is 79.9. The van der Waals surface area contributed by atoms with Crippen LogP contribution in [0.3, 0.4) is 0 Å². The number of anilines is 1. The Morgan fingerprint density at radius 2 is 1.67 bits per heavy atom. The smallest absolute Gasteiger partial charge is 0.265 e. The molecule has 0 atom stereocenters. The number of sulfonamides is 1. The molecule has 0 heterocycles. The average molecular weight is 497 g/mol. The number of halogens is 2. The van der Waals surface area contributed by atoms with E-state index in [1.807, 2.05) is 0 Å². The fourth-order valence-corrected chi connectivity index (χ4v) is 5.62. The van der Waals surface area contributed by atoms with E-state index in [9.17, 15) is 27.0 Å². The van der Waals surface area contributed by atoms with Gasteiger partial charge in [-0.1, -0.05) is 27.5 Å². The second-order valence-electron chi connectivity index (χ2n) is 6.30. The van der Waals surface area contributed by atoms with Gasteiger partial charge in [0, 0.05) is 10.7 Å². The lowest BCUT2D eigenvalue weighted by Crippen LogP contribution is -2.14. The molecule has 27 heavy (non-hydrogen) atoms. The first-order chi connectivity index (χ1) is 12.4. The molecular weight excluding hydrogens is 482 g/mol. The lowest BCUT2D eigenvalue weighted by atomic mass is 10.1. The van der Waals surface area contributed by atoms with Crippen molar-refractivity contribution in [3.63, 3.8) is 0 Å². The molecule has 0 aliphatic heterocycles. The van der Waals surface area contributed by atoms with Crippen molar-refractivity contribution in [2.24, 2.45) is 0 Å². The first-order valence-electron chi connectivity index (χ1n) is 7.68. The second kappa shape index (κ2) is 6.84. The van der Waals surface area contributed by atoms with E-state index in [1.165, 1.54) is 18.2 Å². The van der Waals surface area contributed by atoms with Crippen molar-refractivity contribution in [2.45, 2.75) is 28.6 Å². The summed E-state index contributed by atoms with van der Waals surface area (Å²) >= 11 is 8.92. The molecule has 7 nitrogen and oxygen atoms in total. The Morgan fingerprint density at radius 3 is 2.22 bits per heavy atom. The van der Waals surface area contributed by atoms with Crippen LogP contribution >= 0.6 is 27.5 Å². The number of phenols is 2. The number of rotatable bonds is 5. The molecule has 0 saturated heterocycles. The van der Waals surface area contributed by atoms with E-state index in [2.05, 4.69) is 20.7 Å². The van der Waals surface area contributed by atoms with Crippen LogP contribution in [0.15, 0.2) is 38.5 Å². The number of nitrogens with one attached hydrogen (secondary N) is 1. The van der Waals surface area contributed by atoms with Gasteiger partial charge in [-0.2, -0.15) is 0 Å². The summed E-state index contributed by atoms with van der Waals surface area (Å²) in [5.74, 6) is -1.25. The number of sulfone groups is 1. The number of benzene rings is 2. The molecule has 1 saturated carbocycles. The summed E-state index contributed by atoms with van der Waals surface area (Å²) in [6, 6.07) is 5.22. The SMILES string of the molecule is CS(=O)(=O)c1cc(C2CC2)cc(NS(=O)(=O)c2cc(Br)cc(Cl)c2O)c1O. The fourth-order valence-electron chi connectivity index (χ4n) is 2.59. The Hall–Kier alpha value is -1.49. The highest BCUT2D eigenvalue weighted by Crippen LogP contribution is 2.45. The van der Waals surface area contributed by atoms with Gasteiger partial charge >= 0.3 is 0 Å². The summed E-state index contributed by atoms with van der Waals surface area (Å²) in [7, 11) is -8.15. The maximum Gasteiger partial charge on any atom is 0.265 e. The Balaban J connectivity index is 2.14. The van der Waals surface area contributed by atoms with Crippen molar-refractivity contribution in [3.05, 3.63) is 39.3 Å². The Kier molecular flexibility index (Phi) is 5.13. The van der Waals surface area contributed by atoms with Crippen molar-refractivity contribution < 1.29 is 27.0 Å². The van der Waals surface area contributed by atoms with E-state index in [0.717, 1.165) is 25.2 Å². The number of hydrogen-bond acceptors (Lipinski definition) is 6. The topological polar surface area (TPSA) is 121 Å². The number of hydrogen-bond donors (Lipinski definition) is 3. The van der Waals surface area contributed by atoms with Crippen LogP contribution in [-0.4, -0.2) is 33.3 Å². The normalized spacial score (nSPS) is 14.9. The Labute approximate surface area is 170 Å². The van der Waals surface area contributed by atoms with Crippen molar-refractivity contribution in [1.29, 1.82) is 0 Å². The molecule has 0 radical (unpaired) electrons. The minimum absolute atomic E-state index is 0.114. The van der Waals surface area contributed by atoms with Crippen molar-refractivity contribution in [2.75, 3.05) is 11.0 Å². The third kappa shape index (κ3) is 4.18. The first-order valence-corrected chi connectivity index (χ1v) is 12.2. The highest BCUT2D eigenvalue weighted by molar-refractivity contribution is 9.10. The zero-order valence-corrected chi connectivity index (χ0v) is 17.9. The van der Waals surface area contributed by atoms with E-state index in [0.29, 0.717) is 10.0 Å². The summed E-state index contributed by atoms with van der Waals surface area (Å²) in [4.78, 5) is -0.875. The Morgan fingerprint density at radius 1 is 1.04 bits per heavy atom. The van der Waals surface area contributed by atoms with Gasteiger partial charge in [0.15, 0.2) is 21.3 Å². The molecule has 0 spiro atoms. The molecule has 0 aromatic heterocycles. The van der Waals surface area contributed by atoms with E-state index < -0.39 is 36.3 Å². The average Bonchev–Trinajstić information content (AvgIpc) is 3.36. The molecular formula is C16H15BrClNO6S2. The molecule has 1 fully saturated rings. The molecule has 2 aromatic carbocycles. The van der Waals surface area contributed by atoms with Gasteiger partial charge in [-0.15, -0.1) is 0 Å². The molecule has 0 amide bonds. The third-order valence-corrected chi connectivity index (χ3v) is 7.31. The lowest BCUT2D eigenvalue weighted by Gasteiger charge is -2.15. The van der Waals surface area contributed by atoms with Gasteiger partial charge in [-0.05, 0) is 48.6 Å². The molecule has 1 aliphatic rings. The van der Waals surface area contributed by atoms with Gasteiger partial charge in [-0.25, -0.2) is 16.8 Å². The van der Waals surface area contributed by atoms with Crippen LogP contribution in [-0.2, 0) is 19.9 Å². The van der Waals surface area contributed by atoms with Crippen molar-refractivity contribution in [3.8, 4) is 11.5 Å². The van der Waals surface area contributed by atoms with Crippen LogP contribution in [0.1, 0.15) is 24.3 Å². The summed E-state index contributed by atoms with van der Waals surface area (Å²) in [5, 5.41) is 20.2. The lowest BCUT2D eigenvalue weighted by molar-refractivity contribution is 0.457. The van der Waals surface area contributed by atoms with Crippen LogP contribution in [0.25, 0.3) is 0 Å². The van der Waals surface area contributed by atoms with E-state index in [4.69, 9.17) is 11.6 Å². The molecule has 3 rings (SSSR count). The summed E-state index contributed by atoms with van der Waals surface area (Å²) in [6.07, 6.45) is 2.63. The molecule has 146 valence electrons. The fraction of sp³-hybridized carbons (Fsp3) is 0.250. The van der Waals surface area contributed by atoms with Crippen LogP contribution in [0, 0.1) is 0 Å². The molecule has 0 unspecified atom stereocenters. The minimum atomic E-state index is -4.37. The van der Waals surface area contributed by atoms with Gasteiger partial charge in [0.25, 0.3) is 10.0 Å². The summed E-state index contributed by atoms with van der Waals surface area (Å²) in [5.41, 5.74) is 0.331. The highest BCUT2D eigenvalue weighted by Gasteiger charge is 2.30. The molecule has 0 bridgehead atoms. The maximum atomic E-state index is 12.7. The molecule has 3 N–H and O–H groups in total. The van der Waals surface area contributed by atoms with Gasteiger partial charge in [0.05, 0.1) is 10.7 Å². The van der Waals surface area contributed by atoms with Crippen LogP contribution in [0.4, 0.5) is 5.69 Å². The monoisotopic (exact) mass is 495 g/mol. The quantitative estimate of drug-likeness (QED) is 0.544. The van der Waals surface area contributed by atoms with Gasteiger partial charge in [0.2, 0.25) is 0 Å². The van der Waals surface area contributed by atoms with Gasteiger partial charge in [0.1, 0.15) is 9.79 Å². The van der Waals surface area contributed by atoms with E-state index >= 15 is 0 Å². The maximum absolute atomic E-state index is 12.7. The van der Waals surface area contributed by atoms with Gasteiger partial charge in [-0.3, -0.25) is 4.72 Å².